The molecule has 7 nitrogen and oxygen atoms in total. The molecule has 7 heteroatoms. The molecule has 0 radical (unpaired) electrons. The van der Waals surface area contributed by atoms with Crippen molar-refractivity contribution in [1.82, 2.24) is 10.6 Å². The van der Waals surface area contributed by atoms with Crippen LogP contribution in [0, 0.1) is 5.92 Å². The molecule has 0 unspecified atom stereocenters. The van der Waals surface area contributed by atoms with Crippen LogP contribution in [0.2, 0.25) is 0 Å². The Morgan fingerprint density at radius 2 is 2.00 bits per heavy atom. The fraction of sp³-hybridized carbons (Fsp3) is 0.529. The summed E-state index contributed by atoms with van der Waals surface area (Å²) in [6, 6.07) is 9.31. The van der Waals surface area contributed by atoms with Gasteiger partial charge in [-0.1, -0.05) is 30.3 Å². The van der Waals surface area contributed by atoms with Crippen LogP contribution in [-0.2, 0) is 16.1 Å². The smallest absolute Gasteiger partial charge is 0.407 e. The minimum Gasteiger partial charge on any atom is -0.465 e. The van der Waals surface area contributed by atoms with Gasteiger partial charge in [-0.05, 0) is 30.7 Å². The Hall–Kier alpha value is -2.28. The first-order valence-corrected chi connectivity index (χ1v) is 8.05. The summed E-state index contributed by atoms with van der Waals surface area (Å²) in [5, 5.41) is 14.0. The maximum absolute atomic E-state index is 12.0. The number of methoxy groups -OCH3 is 1. The van der Waals surface area contributed by atoms with Crippen LogP contribution in [0.1, 0.15) is 24.8 Å². The second kappa shape index (κ2) is 9.12. The van der Waals surface area contributed by atoms with Gasteiger partial charge in [-0.3, -0.25) is 0 Å². The van der Waals surface area contributed by atoms with E-state index in [4.69, 9.17) is 14.6 Å². The van der Waals surface area contributed by atoms with Crippen molar-refractivity contribution in [3.05, 3.63) is 35.9 Å². The van der Waals surface area contributed by atoms with Crippen molar-refractivity contribution in [2.24, 2.45) is 5.92 Å². The summed E-state index contributed by atoms with van der Waals surface area (Å²) >= 11 is 0. The number of ether oxygens (including phenoxy) is 2. The standard InChI is InChI=1S/C17H24N2O5/c1-23-14-7-8-15(13(9-14)10-18-16(20)21)19-17(22)24-11-12-5-3-2-4-6-12/h2-6,13-15,18H,7-11H2,1H3,(H,19,22)(H,20,21)/t13-,14+,15-/m0/s1. The van der Waals surface area contributed by atoms with E-state index in [2.05, 4.69) is 10.6 Å². The highest BCUT2D eigenvalue weighted by Crippen LogP contribution is 2.26. The van der Waals surface area contributed by atoms with Crippen LogP contribution in [0.4, 0.5) is 9.59 Å². The number of nitrogens with one attached hydrogen (secondary N) is 2. The van der Waals surface area contributed by atoms with Crippen molar-refractivity contribution in [3.8, 4) is 0 Å². The van der Waals surface area contributed by atoms with E-state index in [0.717, 1.165) is 18.4 Å². The van der Waals surface area contributed by atoms with Gasteiger partial charge in [0, 0.05) is 19.7 Å². The van der Waals surface area contributed by atoms with Gasteiger partial charge in [-0.2, -0.15) is 0 Å². The molecule has 0 saturated heterocycles. The summed E-state index contributed by atoms with van der Waals surface area (Å²) in [6.07, 6.45) is 0.777. The zero-order valence-electron chi connectivity index (χ0n) is 13.7. The van der Waals surface area contributed by atoms with Crippen LogP contribution in [0.5, 0.6) is 0 Å². The Bertz CT molecular complexity index is 537. The molecule has 0 aliphatic heterocycles. The quantitative estimate of drug-likeness (QED) is 0.741. The van der Waals surface area contributed by atoms with E-state index < -0.39 is 12.2 Å². The third kappa shape index (κ3) is 5.73. The van der Waals surface area contributed by atoms with Crippen LogP contribution in [0.25, 0.3) is 0 Å². The molecule has 2 amide bonds. The van der Waals surface area contributed by atoms with Crippen molar-refractivity contribution in [2.45, 2.75) is 38.0 Å². The lowest BCUT2D eigenvalue weighted by Gasteiger charge is -2.35. The van der Waals surface area contributed by atoms with Crippen molar-refractivity contribution in [1.29, 1.82) is 0 Å². The maximum Gasteiger partial charge on any atom is 0.407 e. The van der Waals surface area contributed by atoms with Gasteiger partial charge >= 0.3 is 12.2 Å². The van der Waals surface area contributed by atoms with Gasteiger partial charge in [0.15, 0.2) is 0 Å². The summed E-state index contributed by atoms with van der Waals surface area (Å²) in [5.41, 5.74) is 0.917. The number of hydrogen-bond donors (Lipinski definition) is 3. The Balaban J connectivity index is 1.85. The Kier molecular flexibility index (Phi) is 6.87. The van der Waals surface area contributed by atoms with Crippen LogP contribution in [0.15, 0.2) is 30.3 Å². The number of carbonyl (C=O) groups excluding carboxylic acids is 1. The van der Waals surface area contributed by atoms with E-state index >= 15 is 0 Å². The average molecular weight is 336 g/mol. The van der Waals surface area contributed by atoms with Gasteiger partial charge in [0.2, 0.25) is 0 Å². The zero-order valence-corrected chi connectivity index (χ0v) is 13.7. The molecule has 132 valence electrons. The topological polar surface area (TPSA) is 96.9 Å². The summed E-state index contributed by atoms with van der Waals surface area (Å²) in [6.45, 7) is 0.483. The Morgan fingerprint density at radius 3 is 2.67 bits per heavy atom. The average Bonchev–Trinajstić information content (AvgIpc) is 2.60. The molecular formula is C17H24N2O5. The third-order valence-electron chi connectivity index (χ3n) is 4.30. The molecule has 0 bridgehead atoms. The molecule has 1 aromatic rings. The van der Waals surface area contributed by atoms with Crippen LogP contribution in [0.3, 0.4) is 0 Å². The second-order valence-electron chi connectivity index (χ2n) is 5.93. The highest BCUT2D eigenvalue weighted by atomic mass is 16.5. The van der Waals surface area contributed by atoms with E-state index in [1.807, 2.05) is 30.3 Å². The summed E-state index contributed by atoms with van der Waals surface area (Å²) < 4.78 is 10.6. The lowest BCUT2D eigenvalue weighted by molar-refractivity contribution is 0.0362. The monoisotopic (exact) mass is 336 g/mol. The third-order valence-corrected chi connectivity index (χ3v) is 4.30. The molecule has 1 fully saturated rings. The fourth-order valence-corrected chi connectivity index (χ4v) is 2.99. The fourth-order valence-electron chi connectivity index (χ4n) is 2.99. The molecule has 3 atom stereocenters. The maximum atomic E-state index is 12.0. The lowest BCUT2D eigenvalue weighted by Crippen LogP contribution is -2.49. The van der Waals surface area contributed by atoms with Gasteiger partial charge in [0.1, 0.15) is 6.61 Å². The SMILES string of the molecule is CO[C@@H]1CC[C@H](NC(=O)OCc2ccccc2)[C@H](CNC(=O)O)C1. The molecule has 3 N–H and O–H groups in total. The van der Waals surface area contributed by atoms with E-state index in [1.54, 1.807) is 7.11 Å². The zero-order chi connectivity index (χ0) is 17.4. The number of amides is 2. The number of alkyl carbamates (subject to hydrolysis) is 1. The first kappa shape index (κ1) is 18.1. The van der Waals surface area contributed by atoms with Gasteiger partial charge in [-0.25, -0.2) is 9.59 Å². The van der Waals surface area contributed by atoms with Crippen molar-refractivity contribution in [3.63, 3.8) is 0 Å². The largest absolute Gasteiger partial charge is 0.465 e. The number of benzene rings is 1. The normalized spacial score (nSPS) is 23.3. The van der Waals surface area contributed by atoms with Crippen LogP contribution in [-0.4, -0.2) is 43.1 Å². The van der Waals surface area contributed by atoms with Gasteiger partial charge in [-0.15, -0.1) is 0 Å². The molecular weight excluding hydrogens is 312 g/mol. The summed E-state index contributed by atoms with van der Waals surface area (Å²) in [7, 11) is 1.65. The van der Waals surface area contributed by atoms with E-state index in [1.165, 1.54) is 0 Å². The summed E-state index contributed by atoms with van der Waals surface area (Å²) in [4.78, 5) is 22.7. The highest BCUT2D eigenvalue weighted by molar-refractivity contribution is 5.67. The number of hydrogen-bond acceptors (Lipinski definition) is 4. The molecule has 0 spiro atoms. The number of carboxylic acid groups (broad SMARTS) is 1. The number of rotatable bonds is 6. The first-order chi connectivity index (χ1) is 11.6. The predicted molar refractivity (Wildman–Crippen MR) is 87.7 cm³/mol. The van der Waals surface area contributed by atoms with Crippen molar-refractivity contribution >= 4 is 12.2 Å². The van der Waals surface area contributed by atoms with E-state index in [9.17, 15) is 9.59 Å². The minimum atomic E-state index is -1.07. The lowest BCUT2D eigenvalue weighted by atomic mass is 9.82. The molecule has 0 aromatic heterocycles. The van der Waals surface area contributed by atoms with E-state index in [0.29, 0.717) is 6.42 Å². The molecule has 2 rings (SSSR count). The van der Waals surface area contributed by atoms with Crippen molar-refractivity contribution < 1.29 is 24.2 Å². The van der Waals surface area contributed by atoms with Crippen LogP contribution < -0.4 is 10.6 Å². The first-order valence-electron chi connectivity index (χ1n) is 8.05. The summed E-state index contributed by atoms with van der Waals surface area (Å²) in [5.74, 6) is -0.0240. The van der Waals surface area contributed by atoms with Crippen LogP contribution >= 0.6 is 0 Å². The molecule has 1 aliphatic rings. The van der Waals surface area contributed by atoms with Gasteiger partial charge in [0.25, 0.3) is 0 Å². The Labute approximate surface area is 141 Å². The second-order valence-corrected chi connectivity index (χ2v) is 5.93. The Morgan fingerprint density at radius 1 is 1.25 bits per heavy atom. The highest BCUT2D eigenvalue weighted by Gasteiger charge is 2.32. The molecule has 0 heterocycles. The molecule has 1 aromatic carbocycles. The predicted octanol–water partition coefficient (Wildman–Crippen LogP) is 2.36. The van der Waals surface area contributed by atoms with E-state index in [-0.39, 0.29) is 31.2 Å². The van der Waals surface area contributed by atoms with Crippen molar-refractivity contribution in [2.75, 3.05) is 13.7 Å². The van der Waals surface area contributed by atoms with Gasteiger partial charge < -0.3 is 25.2 Å². The number of carbonyl (C=O) groups is 2. The molecule has 24 heavy (non-hydrogen) atoms. The molecule has 1 saturated carbocycles. The minimum absolute atomic E-state index is 0.0240. The van der Waals surface area contributed by atoms with Gasteiger partial charge in [0.05, 0.1) is 6.10 Å². The molecule has 1 aliphatic carbocycles.